The maximum absolute atomic E-state index is 12.4. The van der Waals surface area contributed by atoms with Gasteiger partial charge in [0.2, 0.25) is 0 Å². The van der Waals surface area contributed by atoms with Gasteiger partial charge in [0.05, 0.1) is 24.2 Å². The van der Waals surface area contributed by atoms with Crippen LogP contribution >= 0.6 is 34.4 Å². The Morgan fingerprint density at radius 1 is 1.14 bits per heavy atom. The molecule has 0 aliphatic carbocycles. The Hall–Kier alpha value is -2.37. The van der Waals surface area contributed by atoms with E-state index in [1.165, 1.54) is 23.1 Å². The summed E-state index contributed by atoms with van der Waals surface area (Å²) in [6.07, 6.45) is 0. The van der Waals surface area contributed by atoms with Crippen molar-refractivity contribution in [3.63, 3.8) is 0 Å². The molecule has 4 N–H and O–H groups in total. The van der Waals surface area contributed by atoms with Gasteiger partial charge in [-0.1, -0.05) is 11.8 Å². The van der Waals surface area contributed by atoms with Gasteiger partial charge in [-0.15, -0.1) is 22.7 Å². The van der Waals surface area contributed by atoms with E-state index in [-0.39, 0.29) is 34.4 Å². The first-order chi connectivity index (χ1) is 13.5. The maximum atomic E-state index is 12.4. The first kappa shape index (κ1) is 20.4. The van der Waals surface area contributed by atoms with Crippen LogP contribution in [0.3, 0.4) is 0 Å². The lowest BCUT2D eigenvalue weighted by atomic mass is 10.1. The number of rotatable bonds is 7. The van der Waals surface area contributed by atoms with Crippen LogP contribution in [0.1, 0.15) is 39.4 Å². The molecule has 0 aromatic carbocycles. The topological polar surface area (TPSA) is 130 Å². The highest BCUT2D eigenvalue weighted by molar-refractivity contribution is 7.98. The number of esters is 2. The molecule has 0 saturated heterocycles. The number of hydrogen-bond acceptors (Lipinski definition) is 11. The number of nitrogen functional groups attached to an aromatic ring is 2. The van der Waals surface area contributed by atoms with Crippen molar-refractivity contribution >= 4 is 67.4 Å². The van der Waals surface area contributed by atoms with E-state index >= 15 is 0 Å². The minimum atomic E-state index is -0.573. The fourth-order valence-corrected chi connectivity index (χ4v) is 5.24. The smallest absolute Gasteiger partial charge is 0.348 e. The van der Waals surface area contributed by atoms with Gasteiger partial charge in [-0.2, -0.15) is 0 Å². The molecule has 3 heterocycles. The summed E-state index contributed by atoms with van der Waals surface area (Å²) >= 11 is 3.73. The van der Waals surface area contributed by atoms with Crippen molar-refractivity contribution in [1.82, 2.24) is 9.97 Å². The van der Waals surface area contributed by atoms with Gasteiger partial charge in [0.1, 0.15) is 20.5 Å². The van der Waals surface area contributed by atoms with Crippen LogP contribution in [0.2, 0.25) is 0 Å². The van der Waals surface area contributed by atoms with Crippen LogP contribution in [0.25, 0.3) is 10.2 Å². The van der Waals surface area contributed by atoms with Gasteiger partial charge >= 0.3 is 11.9 Å². The van der Waals surface area contributed by atoms with Crippen LogP contribution in [0.4, 0.5) is 10.8 Å². The number of nitrogens with zero attached hydrogens (tertiary/aromatic N) is 2. The lowest BCUT2D eigenvalue weighted by Gasteiger charge is -2.07. The molecule has 0 amide bonds. The summed E-state index contributed by atoms with van der Waals surface area (Å²) in [4.78, 5) is 34.5. The van der Waals surface area contributed by atoms with Gasteiger partial charge in [-0.05, 0) is 25.3 Å². The van der Waals surface area contributed by atoms with Crippen molar-refractivity contribution in [2.24, 2.45) is 0 Å². The van der Waals surface area contributed by atoms with E-state index in [4.69, 9.17) is 20.9 Å². The van der Waals surface area contributed by atoms with Gasteiger partial charge in [-0.3, -0.25) is 0 Å². The SMILES string of the molecule is CCOC(=O)c1sc(N)c(C(=O)OCC)c1CSc1nc(N)c2ccsc2n1. The number of fused-ring (bicyclic) bond motifs is 1. The number of carbonyl (C=O) groups excluding carboxylic acids is 2. The molecule has 0 atom stereocenters. The summed E-state index contributed by atoms with van der Waals surface area (Å²) < 4.78 is 10.2. The van der Waals surface area contributed by atoms with Gasteiger partial charge in [-0.25, -0.2) is 19.6 Å². The number of thioether (sulfide) groups is 1. The second-order valence-electron chi connectivity index (χ2n) is 5.41. The Bertz CT molecular complexity index is 1030. The predicted molar refractivity (Wildman–Crippen MR) is 112 cm³/mol. The Labute approximate surface area is 173 Å². The molecular formula is C17H18N4O4S3. The van der Waals surface area contributed by atoms with E-state index in [9.17, 15) is 9.59 Å². The van der Waals surface area contributed by atoms with Crippen LogP contribution in [0.15, 0.2) is 16.6 Å². The van der Waals surface area contributed by atoms with Crippen molar-refractivity contribution < 1.29 is 19.1 Å². The second kappa shape index (κ2) is 8.76. The molecule has 11 heteroatoms. The van der Waals surface area contributed by atoms with Crippen molar-refractivity contribution in [2.45, 2.75) is 24.8 Å². The van der Waals surface area contributed by atoms with Gasteiger partial charge in [0.25, 0.3) is 0 Å². The predicted octanol–water partition coefficient (Wildman–Crippen LogP) is 3.56. The Kier molecular flexibility index (Phi) is 6.37. The fourth-order valence-electron chi connectivity index (χ4n) is 2.47. The zero-order valence-electron chi connectivity index (χ0n) is 15.2. The maximum Gasteiger partial charge on any atom is 0.348 e. The highest BCUT2D eigenvalue weighted by atomic mass is 32.2. The van der Waals surface area contributed by atoms with Crippen LogP contribution in [-0.2, 0) is 15.2 Å². The van der Waals surface area contributed by atoms with E-state index < -0.39 is 11.9 Å². The van der Waals surface area contributed by atoms with Crippen LogP contribution in [0.5, 0.6) is 0 Å². The minimum Gasteiger partial charge on any atom is -0.462 e. The lowest BCUT2D eigenvalue weighted by molar-refractivity contribution is 0.0527. The molecule has 3 rings (SSSR count). The second-order valence-corrected chi connectivity index (χ2v) is 8.30. The molecule has 0 radical (unpaired) electrons. The molecule has 148 valence electrons. The summed E-state index contributed by atoms with van der Waals surface area (Å²) in [7, 11) is 0. The fraction of sp³-hybridized carbons (Fsp3) is 0.294. The molecule has 0 unspecified atom stereocenters. The van der Waals surface area contributed by atoms with E-state index in [0.29, 0.717) is 16.5 Å². The molecule has 0 saturated carbocycles. The third-order valence-electron chi connectivity index (χ3n) is 3.65. The number of anilines is 2. The minimum absolute atomic E-state index is 0.188. The number of ether oxygens (including phenoxy) is 2. The molecule has 0 aliphatic heterocycles. The molecule has 0 bridgehead atoms. The Balaban J connectivity index is 1.95. The summed E-state index contributed by atoms with van der Waals surface area (Å²) in [5.74, 6) is -0.474. The summed E-state index contributed by atoms with van der Waals surface area (Å²) in [6.45, 7) is 3.83. The normalized spacial score (nSPS) is 10.9. The molecule has 8 nitrogen and oxygen atoms in total. The van der Waals surface area contributed by atoms with E-state index in [1.54, 1.807) is 13.8 Å². The van der Waals surface area contributed by atoms with E-state index in [0.717, 1.165) is 21.6 Å². The van der Waals surface area contributed by atoms with Crippen LogP contribution < -0.4 is 11.5 Å². The average Bonchev–Trinajstić information content (AvgIpc) is 3.25. The monoisotopic (exact) mass is 438 g/mol. The summed E-state index contributed by atoms with van der Waals surface area (Å²) in [6, 6.07) is 1.86. The first-order valence-electron chi connectivity index (χ1n) is 8.35. The van der Waals surface area contributed by atoms with Crippen molar-refractivity contribution in [3.05, 3.63) is 27.5 Å². The largest absolute Gasteiger partial charge is 0.462 e. The Morgan fingerprint density at radius 3 is 2.57 bits per heavy atom. The van der Waals surface area contributed by atoms with Gasteiger partial charge in [0, 0.05) is 11.3 Å². The number of aromatic nitrogens is 2. The number of thiophene rings is 2. The van der Waals surface area contributed by atoms with Crippen LogP contribution in [0, 0.1) is 0 Å². The number of hydrogen-bond donors (Lipinski definition) is 2. The molecule has 0 fully saturated rings. The average molecular weight is 439 g/mol. The first-order valence-corrected chi connectivity index (χ1v) is 11.0. The standard InChI is InChI=1S/C17H18N4O4S3/c1-3-24-15(22)10-9(11(28-13(10)19)16(23)25-4-2)7-27-17-20-12(18)8-5-6-26-14(8)21-17/h5-6H,3-4,7,19H2,1-2H3,(H2,18,20,21). The zero-order valence-corrected chi connectivity index (χ0v) is 17.6. The molecule has 3 aromatic rings. The number of carbonyl (C=O) groups is 2. The quantitative estimate of drug-likeness (QED) is 0.323. The third kappa shape index (κ3) is 4.05. The van der Waals surface area contributed by atoms with Crippen molar-refractivity contribution in [2.75, 3.05) is 24.7 Å². The molecule has 28 heavy (non-hydrogen) atoms. The van der Waals surface area contributed by atoms with Crippen LogP contribution in [-0.4, -0.2) is 35.1 Å². The summed E-state index contributed by atoms with van der Waals surface area (Å²) in [5.41, 5.74) is 12.6. The highest BCUT2D eigenvalue weighted by Gasteiger charge is 2.28. The van der Waals surface area contributed by atoms with Crippen molar-refractivity contribution in [1.29, 1.82) is 0 Å². The summed E-state index contributed by atoms with van der Waals surface area (Å²) in [5, 5.41) is 3.35. The highest BCUT2D eigenvalue weighted by Crippen LogP contribution is 2.37. The van der Waals surface area contributed by atoms with Gasteiger partial charge in [0.15, 0.2) is 5.16 Å². The zero-order chi connectivity index (χ0) is 20.3. The molecular weight excluding hydrogens is 420 g/mol. The Morgan fingerprint density at radius 2 is 1.86 bits per heavy atom. The van der Waals surface area contributed by atoms with E-state index in [1.807, 2.05) is 11.4 Å². The molecule has 0 spiro atoms. The van der Waals surface area contributed by atoms with Gasteiger partial charge < -0.3 is 20.9 Å². The third-order valence-corrected chi connectivity index (χ3v) is 6.38. The lowest BCUT2D eigenvalue weighted by Crippen LogP contribution is -2.11. The molecule has 0 aliphatic rings. The molecule has 3 aromatic heterocycles. The van der Waals surface area contributed by atoms with E-state index in [2.05, 4.69) is 9.97 Å². The number of nitrogens with two attached hydrogens (primary N) is 2. The van der Waals surface area contributed by atoms with Crippen molar-refractivity contribution in [3.8, 4) is 0 Å².